The minimum atomic E-state index is -0.475. The van der Waals surface area contributed by atoms with Crippen LogP contribution in [-0.4, -0.2) is 66.9 Å². The molecule has 1 aliphatic heterocycles. The maximum absolute atomic E-state index is 12.3. The van der Waals surface area contributed by atoms with Gasteiger partial charge in [0.1, 0.15) is 0 Å². The Morgan fingerprint density at radius 3 is 2.20 bits per heavy atom. The Morgan fingerprint density at radius 2 is 1.75 bits per heavy atom. The van der Waals surface area contributed by atoms with Gasteiger partial charge in [0, 0.05) is 32.7 Å². The fourth-order valence-corrected chi connectivity index (χ4v) is 2.15. The smallest absolute Gasteiger partial charge is 0.240 e. The molecule has 0 aromatic heterocycles. The lowest BCUT2D eigenvalue weighted by atomic mass is 9.86. The molecule has 3 N–H and O–H groups in total. The number of piperazine rings is 1. The normalized spacial score (nSPS) is 18.8. The molecule has 0 bridgehead atoms. The van der Waals surface area contributed by atoms with Crippen molar-refractivity contribution in [3.63, 3.8) is 0 Å². The average molecular weight is 284 g/mol. The molecule has 6 heteroatoms. The number of carbonyl (C=O) groups is 2. The van der Waals surface area contributed by atoms with Crippen LogP contribution in [0, 0.1) is 5.41 Å². The van der Waals surface area contributed by atoms with Crippen LogP contribution in [0.4, 0.5) is 0 Å². The first-order valence-electron chi connectivity index (χ1n) is 7.29. The standard InChI is InChI=1S/C14H28N4O2/c1-5-16-11(19)10-17-6-8-18(9-7-17)13(20)12(15)14(2,3)4/h12H,5-10,15H2,1-4H3,(H,16,19)/t12-/m1/s1. The van der Waals surface area contributed by atoms with Gasteiger partial charge >= 0.3 is 0 Å². The number of nitrogens with two attached hydrogens (primary N) is 1. The van der Waals surface area contributed by atoms with Gasteiger partial charge in [-0.25, -0.2) is 0 Å². The third kappa shape index (κ3) is 4.76. The molecular formula is C14H28N4O2. The van der Waals surface area contributed by atoms with E-state index >= 15 is 0 Å². The van der Waals surface area contributed by atoms with Crippen LogP contribution in [0.2, 0.25) is 0 Å². The topological polar surface area (TPSA) is 78.7 Å². The molecule has 2 amide bonds. The zero-order chi connectivity index (χ0) is 15.3. The van der Waals surface area contributed by atoms with E-state index in [2.05, 4.69) is 10.2 Å². The first kappa shape index (κ1) is 16.9. The van der Waals surface area contributed by atoms with Crippen molar-refractivity contribution in [2.45, 2.75) is 33.7 Å². The third-order valence-electron chi connectivity index (χ3n) is 3.62. The van der Waals surface area contributed by atoms with Gasteiger partial charge in [-0.1, -0.05) is 20.8 Å². The van der Waals surface area contributed by atoms with E-state index in [1.54, 1.807) is 0 Å². The maximum Gasteiger partial charge on any atom is 0.240 e. The molecule has 1 fully saturated rings. The number of rotatable bonds is 4. The van der Waals surface area contributed by atoms with Gasteiger partial charge in [0.05, 0.1) is 12.6 Å². The van der Waals surface area contributed by atoms with Crippen molar-refractivity contribution < 1.29 is 9.59 Å². The zero-order valence-electron chi connectivity index (χ0n) is 13.1. The molecule has 1 aliphatic rings. The summed E-state index contributed by atoms with van der Waals surface area (Å²) in [5, 5.41) is 2.78. The van der Waals surface area contributed by atoms with Crippen LogP contribution in [0.15, 0.2) is 0 Å². The minimum absolute atomic E-state index is 0.00941. The first-order chi connectivity index (χ1) is 9.25. The molecule has 116 valence electrons. The van der Waals surface area contributed by atoms with E-state index in [0.29, 0.717) is 26.2 Å². The van der Waals surface area contributed by atoms with Crippen LogP contribution >= 0.6 is 0 Å². The first-order valence-corrected chi connectivity index (χ1v) is 7.29. The molecule has 0 aromatic rings. The van der Waals surface area contributed by atoms with Crippen LogP contribution in [0.25, 0.3) is 0 Å². The molecular weight excluding hydrogens is 256 g/mol. The summed E-state index contributed by atoms with van der Waals surface area (Å²) in [6.45, 7) is 11.6. The Labute approximate surface area is 121 Å². The molecule has 0 aliphatic carbocycles. The molecule has 0 saturated carbocycles. The Kier molecular flexibility index (Phi) is 5.95. The van der Waals surface area contributed by atoms with Gasteiger partial charge in [-0.2, -0.15) is 0 Å². The quantitative estimate of drug-likeness (QED) is 0.739. The Bertz CT molecular complexity index is 344. The van der Waals surface area contributed by atoms with Crippen molar-refractivity contribution >= 4 is 11.8 Å². The van der Waals surface area contributed by atoms with Crippen molar-refractivity contribution in [1.82, 2.24) is 15.1 Å². The molecule has 1 atom stereocenters. The molecule has 0 unspecified atom stereocenters. The highest BCUT2D eigenvalue weighted by Crippen LogP contribution is 2.19. The van der Waals surface area contributed by atoms with Crippen molar-refractivity contribution in [3.05, 3.63) is 0 Å². The lowest BCUT2D eigenvalue weighted by Gasteiger charge is -2.37. The summed E-state index contributed by atoms with van der Waals surface area (Å²) in [4.78, 5) is 27.7. The molecule has 20 heavy (non-hydrogen) atoms. The second-order valence-electron chi connectivity index (χ2n) is 6.40. The van der Waals surface area contributed by atoms with Crippen molar-refractivity contribution in [1.29, 1.82) is 0 Å². The highest BCUT2D eigenvalue weighted by molar-refractivity contribution is 5.82. The number of hydrogen-bond acceptors (Lipinski definition) is 4. The van der Waals surface area contributed by atoms with Gasteiger partial charge in [0.2, 0.25) is 11.8 Å². The van der Waals surface area contributed by atoms with Crippen molar-refractivity contribution in [2.75, 3.05) is 39.3 Å². The number of hydrogen-bond donors (Lipinski definition) is 2. The van der Waals surface area contributed by atoms with E-state index in [9.17, 15) is 9.59 Å². The predicted molar refractivity (Wildman–Crippen MR) is 79.1 cm³/mol. The minimum Gasteiger partial charge on any atom is -0.355 e. The van der Waals surface area contributed by atoms with E-state index in [1.165, 1.54) is 0 Å². The monoisotopic (exact) mass is 284 g/mol. The SMILES string of the molecule is CCNC(=O)CN1CCN(C(=O)[C@@H](N)C(C)(C)C)CC1. The summed E-state index contributed by atoms with van der Waals surface area (Å²) >= 11 is 0. The third-order valence-corrected chi connectivity index (χ3v) is 3.62. The van der Waals surface area contributed by atoms with E-state index in [0.717, 1.165) is 13.1 Å². The fourth-order valence-electron chi connectivity index (χ4n) is 2.15. The molecule has 0 radical (unpaired) electrons. The molecule has 1 rings (SSSR count). The van der Waals surface area contributed by atoms with E-state index in [-0.39, 0.29) is 17.2 Å². The number of nitrogens with zero attached hydrogens (tertiary/aromatic N) is 2. The van der Waals surface area contributed by atoms with Crippen LogP contribution in [0.3, 0.4) is 0 Å². The largest absolute Gasteiger partial charge is 0.355 e. The number of amides is 2. The molecule has 0 spiro atoms. The second-order valence-corrected chi connectivity index (χ2v) is 6.40. The molecule has 1 heterocycles. The van der Waals surface area contributed by atoms with Gasteiger partial charge in [-0.05, 0) is 12.3 Å². The van der Waals surface area contributed by atoms with Crippen molar-refractivity contribution in [3.8, 4) is 0 Å². The van der Waals surface area contributed by atoms with Crippen LogP contribution < -0.4 is 11.1 Å². The lowest BCUT2D eigenvalue weighted by molar-refractivity contribution is -0.136. The van der Waals surface area contributed by atoms with E-state index in [1.807, 2.05) is 32.6 Å². The van der Waals surface area contributed by atoms with Gasteiger partial charge in [0.25, 0.3) is 0 Å². The van der Waals surface area contributed by atoms with Gasteiger partial charge in [-0.3, -0.25) is 14.5 Å². The number of nitrogens with one attached hydrogen (secondary N) is 1. The fraction of sp³-hybridized carbons (Fsp3) is 0.857. The Hall–Kier alpha value is -1.14. The number of likely N-dealkylation sites (N-methyl/N-ethyl adjacent to an activating group) is 1. The Morgan fingerprint density at radius 1 is 1.20 bits per heavy atom. The second kappa shape index (κ2) is 7.04. The summed E-state index contributed by atoms with van der Waals surface area (Å²) in [7, 11) is 0. The highest BCUT2D eigenvalue weighted by atomic mass is 16.2. The van der Waals surface area contributed by atoms with Gasteiger partial charge in [-0.15, -0.1) is 0 Å². The van der Waals surface area contributed by atoms with E-state index < -0.39 is 6.04 Å². The molecule has 0 aromatic carbocycles. The Balaban J connectivity index is 2.42. The highest BCUT2D eigenvalue weighted by Gasteiger charge is 2.32. The van der Waals surface area contributed by atoms with Crippen LogP contribution in [0.1, 0.15) is 27.7 Å². The van der Waals surface area contributed by atoms with Crippen molar-refractivity contribution in [2.24, 2.45) is 11.1 Å². The summed E-state index contributed by atoms with van der Waals surface area (Å²) in [5.74, 6) is 0.0498. The lowest BCUT2D eigenvalue weighted by Crippen LogP contribution is -2.57. The molecule has 6 nitrogen and oxygen atoms in total. The van der Waals surface area contributed by atoms with Crippen LogP contribution in [-0.2, 0) is 9.59 Å². The van der Waals surface area contributed by atoms with Gasteiger partial charge < -0.3 is 16.0 Å². The van der Waals surface area contributed by atoms with Gasteiger partial charge in [0.15, 0.2) is 0 Å². The summed E-state index contributed by atoms with van der Waals surface area (Å²) in [6.07, 6.45) is 0. The summed E-state index contributed by atoms with van der Waals surface area (Å²) < 4.78 is 0. The number of carbonyl (C=O) groups excluding carboxylic acids is 2. The molecule has 1 saturated heterocycles. The maximum atomic E-state index is 12.3. The summed E-state index contributed by atoms with van der Waals surface area (Å²) in [5.41, 5.74) is 5.78. The summed E-state index contributed by atoms with van der Waals surface area (Å²) in [6, 6.07) is -0.475. The zero-order valence-corrected chi connectivity index (χ0v) is 13.1. The van der Waals surface area contributed by atoms with E-state index in [4.69, 9.17) is 5.73 Å². The average Bonchev–Trinajstić information content (AvgIpc) is 2.37. The predicted octanol–water partition coefficient (Wildman–Crippen LogP) is -0.360. The van der Waals surface area contributed by atoms with Crippen LogP contribution in [0.5, 0.6) is 0 Å².